The summed E-state index contributed by atoms with van der Waals surface area (Å²) in [5.74, 6) is 0.913. The first-order valence-electron chi connectivity index (χ1n) is 5.67. The topological polar surface area (TPSA) is 21.3 Å². The monoisotopic (exact) mass is 283 g/mol. The Morgan fingerprint density at radius 2 is 2.19 bits per heavy atom. The smallest absolute Gasteiger partial charge is 0.133 e. The third kappa shape index (κ3) is 1.87. The van der Waals surface area contributed by atoms with Crippen LogP contribution in [0.5, 0.6) is 5.75 Å². The molecule has 0 radical (unpaired) electrons. The molecule has 2 rings (SSSR count). The lowest BCUT2D eigenvalue weighted by Gasteiger charge is -2.29. The molecule has 2 nitrogen and oxygen atoms in total. The first-order valence-corrected chi connectivity index (χ1v) is 6.46. The minimum Gasteiger partial charge on any atom is -0.496 e. The van der Waals surface area contributed by atoms with E-state index in [-0.39, 0.29) is 5.54 Å². The zero-order chi connectivity index (χ0) is 11.8. The van der Waals surface area contributed by atoms with Gasteiger partial charge in [-0.3, -0.25) is 0 Å². The molecule has 1 atom stereocenters. The standard InChI is InChI=1S/C13H18BrNO/c1-9-5-6-10(16-3)12(14)11(9)13(2)7-4-8-15-13/h5-6,15H,4,7-8H2,1-3H3. The summed E-state index contributed by atoms with van der Waals surface area (Å²) >= 11 is 3.67. The number of methoxy groups -OCH3 is 1. The third-order valence-electron chi connectivity index (χ3n) is 3.46. The molecular weight excluding hydrogens is 266 g/mol. The Morgan fingerprint density at radius 1 is 1.44 bits per heavy atom. The second-order valence-electron chi connectivity index (χ2n) is 4.64. The number of hydrogen-bond acceptors (Lipinski definition) is 2. The van der Waals surface area contributed by atoms with Crippen molar-refractivity contribution in [2.75, 3.05) is 13.7 Å². The molecule has 0 spiro atoms. The number of aryl methyl sites for hydroxylation is 1. The highest BCUT2D eigenvalue weighted by atomic mass is 79.9. The lowest BCUT2D eigenvalue weighted by Crippen LogP contribution is -2.34. The summed E-state index contributed by atoms with van der Waals surface area (Å²) in [6.07, 6.45) is 2.42. The van der Waals surface area contributed by atoms with Crippen molar-refractivity contribution in [3.63, 3.8) is 0 Å². The van der Waals surface area contributed by atoms with Crippen molar-refractivity contribution in [1.29, 1.82) is 0 Å². The van der Waals surface area contributed by atoms with Crippen LogP contribution in [0.1, 0.15) is 30.9 Å². The van der Waals surface area contributed by atoms with Crippen molar-refractivity contribution in [3.05, 3.63) is 27.7 Å². The van der Waals surface area contributed by atoms with Gasteiger partial charge in [0.1, 0.15) is 5.75 Å². The molecule has 1 fully saturated rings. The van der Waals surface area contributed by atoms with Gasteiger partial charge in [-0.15, -0.1) is 0 Å². The molecule has 0 aliphatic carbocycles. The van der Waals surface area contributed by atoms with Crippen LogP contribution in [0.25, 0.3) is 0 Å². The molecule has 88 valence electrons. The number of benzene rings is 1. The molecule has 1 saturated heterocycles. The molecule has 1 aliphatic heterocycles. The van der Waals surface area contributed by atoms with Crippen molar-refractivity contribution >= 4 is 15.9 Å². The van der Waals surface area contributed by atoms with E-state index in [2.05, 4.69) is 41.2 Å². The Kier molecular flexibility index (Phi) is 3.27. The SMILES string of the molecule is COc1ccc(C)c(C2(C)CCCN2)c1Br. The zero-order valence-corrected chi connectivity index (χ0v) is 11.6. The molecule has 0 saturated carbocycles. The summed E-state index contributed by atoms with van der Waals surface area (Å²) in [6, 6.07) is 4.14. The second kappa shape index (κ2) is 4.38. The Bertz CT molecular complexity index is 397. The summed E-state index contributed by atoms with van der Waals surface area (Å²) in [4.78, 5) is 0. The maximum absolute atomic E-state index is 5.37. The highest BCUT2D eigenvalue weighted by molar-refractivity contribution is 9.10. The van der Waals surface area contributed by atoms with E-state index < -0.39 is 0 Å². The van der Waals surface area contributed by atoms with E-state index >= 15 is 0 Å². The van der Waals surface area contributed by atoms with Crippen LogP contribution in [-0.2, 0) is 5.54 Å². The molecule has 1 unspecified atom stereocenters. The van der Waals surface area contributed by atoms with Crippen LogP contribution < -0.4 is 10.1 Å². The predicted molar refractivity (Wildman–Crippen MR) is 70.0 cm³/mol. The van der Waals surface area contributed by atoms with Gasteiger partial charge in [0.05, 0.1) is 11.6 Å². The van der Waals surface area contributed by atoms with Crippen molar-refractivity contribution in [3.8, 4) is 5.75 Å². The van der Waals surface area contributed by atoms with Crippen molar-refractivity contribution < 1.29 is 4.74 Å². The average Bonchev–Trinajstić information content (AvgIpc) is 2.66. The van der Waals surface area contributed by atoms with Gasteiger partial charge in [-0.1, -0.05) is 6.07 Å². The van der Waals surface area contributed by atoms with E-state index in [0.29, 0.717) is 0 Å². The van der Waals surface area contributed by atoms with Crippen LogP contribution in [0.2, 0.25) is 0 Å². The van der Waals surface area contributed by atoms with Crippen LogP contribution >= 0.6 is 15.9 Å². The van der Waals surface area contributed by atoms with Gasteiger partial charge >= 0.3 is 0 Å². The fourth-order valence-corrected chi connectivity index (χ4v) is 3.64. The molecule has 1 aromatic carbocycles. The van der Waals surface area contributed by atoms with E-state index in [9.17, 15) is 0 Å². The van der Waals surface area contributed by atoms with Crippen molar-refractivity contribution in [1.82, 2.24) is 5.32 Å². The quantitative estimate of drug-likeness (QED) is 0.899. The Hall–Kier alpha value is -0.540. The van der Waals surface area contributed by atoms with E-state index in [0.717, 1.165) is 16.8 Å². The molecular formula is C13H18BrNO. The van der Waals surface area contributed by atoms with E-state index in [1.54, 1.807) is 7.11 Å². The Morgan fingerprint density at radius 3 is 2.75 bits per heavy atom. The highest BCUT2D eigenvalue weighted by Crippen LogP contribution is 2.41. The minimum absolute atomic E-state index is 0.0808. The molecule has 1 aliphatic rings. The van der Waals surface area contributed by atoms with Gasteiger partial charge in [0, 0.05) is 5.54 Å². The average molecular weight is 284 g/mol. The van der Waals surface area contributed by atoms with Crippen LogP contribution in [-0.4, -0.2) is 13.7 Å². The molecule has 0 aromatic heterocycles. The fourth-order valence-electron chi connectivity index (χ4n) is 2.60. The molecule has 0 amide bonds. The van der Waals surface area contributed by atoms with Crippen LogP contribution in [0, 0.1) is 6.92 Å². The van der Waals surface area contributed by atoms with Gasteiger partial charge in [-0.2, -0.15) is 0 Å². The third-order valence-corrected chi connectivity index (χ3v) is 4.24. The lowest BCUT2D eigenvalue weighted by atomic mass is 9.87. The molecule has 3 heteroatoms. The molecule has 16 heavy (non-hydrogen) atoms. The normalized spacial score (nSPS) is 24.8. The first kappa shape index (κ1) is 11.9. The van der Waals surface area contributed by atoms with E-state index in [1.165, 1.54) is 24.0 Å². The van der Waals surface area contributed by atoms with E-state index in [1.807, 2.05) is 6.07 Å². The second-order valence-corrected chi connectivity index (χ2v) is 5.43. The number of ether oxygens (including phenoxy) is 1. The molecule has 1 heterocycles. The van der Waals surface area contributed by atoms with Gasteiger partial charge in [0.2, 0.25) is 0 Å². The zero-order valence-electron chi connectivity index (χ0n) is 10.1. The van der Waals surface area contributed by atoms with Crippen molar-refractivity contribution in [2.45, 2.75) is 32.2 Å². The summed E-state index contributed by atoms with van der Waals surface area (Å²) < 4.78 is 6.46. The van der Waals surface area contributed by atoms with Gasteiger partial charge < -0.3 is 10.1 Å². The predicted octanol–water partition coefficient (Wildman–Crippen LogP) is 3.36. The summed E-state index contributed by atoms with van der Waals surface area (Å²) in [5, 5.41) is 3.60. The van der Waals surface area contributed by atoms with Gasteiger partial charge in [0.25, 0.3) is 0 Å². The van der Waals surface area contributed by atoms with Gasteiger partial charge in [-0.25, -0.2) is 0 Å². The van der Waals surface area contributed by atoms with Crippen molar-refractivity contribution in [2.24, 2.45) is 0 Å². The summed E-state index contributed by atoms with van der Waals surface area (Å²) in [5.41, 5.74) is 2.73. The molecule has 1 N–H and O–H groups in total. The van der Waals surface area contributed by atoms with Gasteiger partial charge in [0.15, 0.2) is 0 Å². The van der Waals surface area contributed by atoms with E-state index in [4.69, 9.17) is 4.74 Å². The highest BCUT2D eigenvalue weighted by Gasteiger charge is 2.33. The lowest BCUT2D eigenvalue weighted by molar-refractivity contribution is 0.399. The Balaban J connectivity index is 2.54. The van der Waals surface area contributed by atoms with Gasteiger partial charge in [-0.05, 0) is 66.4 Å². The molecule has 0 bridgehead atoms. The first-order chi connectivity index (χ1) is 7.58. The molecule has 1 aromatic rings. The number of nitrogens with one attached hydrogen (secondary N) is 1. The maximum atomic E-state index is 5.37. The number of rotatable bonds is 2. The summed E-state index contributed by atoms with van der Waals surface area (Å²) in [7, 11) is 1.71. The fraction of sp³-hybridized carbons (Fsp3) is 0.538. The Labute approximate surface area is 106 Å². The van der Waals surface area contributed by atoms with Crippen LogP contribution in [0.4, 0.5) is 0 Å². The number of halogens is 1. The largest absolute Gasteiger partial charge is 0.496 e. The summed E-state index contributed by atoms with van der Waals surface area (Å²) in [6.45, 7) is 5.52. The number of hydrogen-bond donors (Lipinski definition) is 1. The van der Waals surface area contributed by atoms with Crippen LogP contribution in [0.15, 0.2) is 16.6 Å². The van der Waals surface area contributed by atoms with Crippen LogP contribution in [0.3, 0.4) is 0 Å². The maximum Gasteiger partial charge on any atom is 0.133 e. The minimum atomic E-state index is 0.0808.